The summed E-state index contributed by atoms with van der Waals surface area (Å²) in [5, 5.41) is 29.2. The fraction of sp³-hybridized carbons (Fsp3) is 0.500. The van der Waals surface area contributed by atoms with Crippen molar-refractivity contribution in [3.8, 4) is 0 Å². The zero-order valence-electron chi connectivity index (χ0n) is 9.84. The maximum atomic E-state index is 10.1. The molecule has 1 aliphatic heterocycles. The highest BCUT2D eigenvalue weighted by molar-refractivity contribution is 5.81. The van der Waals surface area contributed by atoms with Gasteiger partial charge in [0.25, 0.3) is 0 Å². The predicted octanol–water partition coefficient (Wildman–Crippen LogP) is -2.19. The molecule has 3 atom stereocenters. The smallest absolute Gasteiger partial charge is 0.199 e. The van der Waals surface area contributed by atoms with E-state index in [-0.39, 0.29) is 12.4 Å². The lowest BCUT2D eigenvalue weighted by molar-refractivity contribution is -0.149. The Morgan fingerprint density at radius 3 is 2.84 bits per heavy atom. The summed E-state index contributed by atoms with van der Waals surface area (Å²) in [6.07, 6.45) is 0.196. The topological polar surface area (TPSA) is 140 Å². The SMILES string of the molecule is Nc1ncnc2c1ncn2[C@@]1(CO)OC[C@@H](O)[C@@H]1O. The van der Waals surface area contributed by atoms with E-state index in [1.54, 1.807) is 0 Å². The number of hydrogen-bond donors (Lipinski definition) is 4. The average Bonchev–Trinajstić information content (AvgIpc) is 2.96. The van der Waals surface area contributed by atoms with Crippen LogP contribution in [-0.4, -0.2) is 60.3 Å². The number of aliphatic hydroxyl groups excluding tert-OH is 3. The summed E-state index contributed by atoms with van der Waals surface area (Å²) in [5.74, 6) is 0.185. The fourth-order valence-electron chi connectivity index (χ4n) is 2.26. The molecule has 2 aromatic rings. The highest BCUT2D eigenvalue weighted by atomic mass is 16.6. The molecule has 3 heterocycles. The number of aliphatic hydroxyl groups is 3. The third-order valence-corrected chi connectivity index (χ3v) is 3.33. The molecule has 1 fully saturated rings. The maximum Gasteiger partial charge on any atom is 0.199 e. The second kappa shape index (κ2) is 4.10. The zero-order valence-corrected chi connectivity index (χ0v) is 9.84. The van der Waals surface area contributed by atoms with Crippen LogP contribution in [0.15, 0.2) is 12.7 Å². The second-order valence-corrected chi connectivity index (χ2v) is 4.37. The van der Waals surface area contributed by atoms with Crippen LogP contribution in [-0.2, 0) is 10.5 Å². The molecule has 0 radical (unpaired) electrons. The van der Waals surface area contributed by atoms with Crippen LogP contribution in [0.3, 0.4) is 0 Å². The number of nitrogens with zero attached hydrogens (tertiary/aromatic N) is 4. The standard InChI is InChI=1S/C10H13N5O4/c11-8-6-9(13-3-12-8)15(4-14-6)10(2-16)7(18)5(17)1-19-10/h3-5,7,16-18H,1-2H2,(H2,11,12,13)/t5-,7+,10+/m1/s1. The molecule has 1 aliphatic rings. The van der Waals surface area contributed by atoms with E-state index in [0.29, 0.717) is 11.2 Å². The molecule has 1 saturated heterocycles. The first-order valence-corrected chi connectivity index (χ1v) is 5.65. The van der Waals surface area contributed by atoms with Crippen molar-refractivity contribution in [1.82, 2.24) is 19.5 Å². The molecule has 2 aromatic heterocycles. The number of fused-ring (bicyclic) bond motifs is 1. The van der Waals surface area contributed by atoms with Crippen LogP contribution >= 0.6 is 0 Å². The molecule has 0 saturated carbocycles. The zero-order chi connectivity index (χ0) is 13.6. The molecule has 3 rings (SSSR count). The highest BCUT2D eigenvalue weighted by Gasteiger charge is 2.51. The van der Waals surface area contributed by atoms with Gasteiger partial charge in [-0.15, -0.1) is 0 Å². The Labute approximate surface area is 107 Å². The van der Waals surface area contributed by atoms with E-state index >= 15 is 0 Å². The molecule has 19 heavy (non-hydrogen) atoms. The van der Waals surface area contributed by atoms with E-state index in [1.807, 2.05) is 0 Å². The molecule has 0 bridgehead atoms. The van der Waals surface area contributed by atoms with Gasteiger partial charge in [-0.25, -0.2) is 15.0 Å². The summed E-state index contributed by atoms with van der Waals surface area (Å²) in [5.41, 5.74) is 4.81. The van der Waals surface area contributed by atoms with Crippen LogP contribution in [0, 0.1) is 0 Å². The van der Waals surface area contributed by atoms with Gasteiger partial charge in [-0.2, -0.15) is 0 Å². The Balaban J connectivity index is 2.20. The van der Waals surface area contributed by atoms with Crippen molar-refractivity contribution < 1.29 is 20.1 Å². The lowest BCUT2D eigenvalue weighted by Gasteiger charge is -2.31. The van der Waals surface area contributed by atoms with Crippen molar-refractivity contribution in [3.63, 3.8) is 0 Å². The Kier molecular flexibility index (Phi) is 2.64. The Morgan fingerprint density at radius 1 is 1.42 bits per heavy atom. The molecule has 102 valence electrons. The summed E-state index contributed by atoms with van der Waals surface area (Å²) in [6, 6.07) is 0. The van der Waals surface area contributed by atoms with Crippen molar-refractivity contribution in [3.05, 3.63) is 12.7 Å². The van der Waals surface area contributed by atoms with Crippen molar-refractivity contribution in [2.24, 2.45) is 0 Å². The molecule has 0 aromatic carbocycles. The van der Waals surface area contributed by atoms with Gasteiger partial charge < -0.3 is 25.8 Å². The van der Waals surface area contributed by atoms with E-state index in [4.69, 9.17) is 10.5 Å². The summed E-state index contributed by atoms with van der Waals surface area (Å²) in [4.78, 5) is 11.9. The quantitative estimate of drug-likeness (QED) is 0.481. The van der Waals surface area contributed by atoms with Gasteiger partial charge >= 0.3 is 0 Å². The Hall–Kier alpha value is -1.81. The first-order chi connectivity index (χ1) is 9.10. The van der Waals surface area contributed by atoms with Crippen molar-refractivity contribution in [2.75, 3.05) is 18.9 Å². The van der Waals surface area contributed by atoms with Gasteiger partial charge in [0.2, 0.25) is 0 Å². The normalized spacial score (nSPS) is 31.1. The van der Waals surface area contributed by atoms with Crippen LogP contribution in [0.1, 0.15) is 0 Å². The van der Waals surface area contributed by atoms with Crippen LogP contribution in [0.2, 0.25) is 0 Å². The number of anilines is 1. The summed E-state index contributed by atoms with van der Waals surface area (Å²) >= 11 is 0. The van der Waals surface area contributed by atoms with Crippen LogP contribution in [0.5, 0.6) is 0 Å². The number of hydrogen-bond acceptors (Lipinski definition) is 8. The van der Waals surface area contributed by atoms with E-state index in [2.05, 4.69) is 15.0 Å². The van der Waals surface area contributed by atoms with Gasteiger partial charge in [0, 0.05) is 0 Å². The fourth-order valence-corrected chi connectivity index (χ4v) is 2.26. The van der Waals surface area contributed by atoms with Crippen molar-refractivity contribution in [1.29, 1.82) is 0 Å². The number of imidazole rings is 1. The molecule has 5 N–H and O–H groups in total. The lowest BCUT2D eigenvalue weighted by atomic mass is 10.1. The van der Waals surface area contributed by atoms with Gasteiger partial charge in [-0.3, -0.25) is 4.57 Å². The minimum atomic E-state index is -1.52. The first kappa shape index (κ1) is 12.2. The third-order valence-electron chi connectivity index (χ3n) is 3.33. The molecule has 9 nitrogen and oxygen atoms in total. The number of rotatable bonds is 2. The van der Waals surface area contributed by atoms with Gasteiger partial charge in [-0.1, -0.05) is 0 Å². The Bertz CT molecular complexity index is 617. The molecular formula is C10H13N5O4. The minimum Gasteiger partial charge on any atom is -0.391 e. The molecule has 0 spiro atoms. The van der Waals surface area contributed by atoms with Crippen LogP contribution in [0.4, 0.5) is 5.82 Å². The second-order valence-electron chi connectivity index (χ2n) is 4.37. The van der Waals surface area contributed by atoms with Crippen LogP contribution in [0.25, 0.3) is 11.2 Å². The van der Waals surface area contributed by atoms with Gasteiger partial charge in [0.1, 0.15) is 24.1 Å². The van der Waals surface area contributed by atoms with E-state index in [1.165, 1.54) is 17.2 Å². The van der Waals surface area contributed by atoms with Crippen molar-refractivity contribution >= 4 is 17.0 Å². The number of aromatic nitrogens is 4. The van der Waals surface area contributed by atoms with Crippen molar-refractivity contribution in [2.45, 2.75) is 17.9 Å². The Morgan fingerprint density at radius 2 is 2.21 bits per heavy atom. The molecular weight excluding hydrogens is 254 g/mol. The van der Waals surface area contributed by atoms with Gasteiger partial charge in [0.05, 0.1) is 19.5 Å². The lowest BCUT2D eigenvalue weighted by Crippen LogP contribution is -2.48. The molecule has 0 unspecified atom stereocenters. The molecule has 0 amide bonds. The number of ether oxygens (including phenoxy) is 1. The van der Waals surface area contributed by atoms with E-state index in [9.17, 15) is 15.3 Å². The van der Waals surface area contributed by atoms with Crippen LogP contribution < -0.4 is 5.73 Å². The maximum absolute atomic E-state index is 10.1. The molecule has 9 heteroatoms. The minimum absolute atomic E-state index is 0.0953. The first-order valence-electron chi connectivity index (χ1n) is 5.65. The average molecular weight is 267 g/mol. The molecule has 0 aliphatic carbocycles. The highest BCUT2D eigenvalue weighted by Crippen LogP contribution is 2.33. The van der Waals surface area contributed by atoms with E-state index in [0.717, 1.165) is 0 Å². The van der Waals surface area contributed by atoms with Gasteiger partial charge in [0.15, 0.2) is 17.2 Å². The predicted molar refractivity (Wildman–Crippen MR) is 62.8 cm³/mol. The number of nitrogens with two attached hydrogens (primary N) is 1. The summed E-state index contributed by atoms with van der Waals surface area (Å²) < 4.78 is 6.74. The van der Waals surface area contributed by atoms with E-state index < -0.39 is 24.5 Å². The third kappa shape index (κ3) is 1.53. The largest absolute Gasteiger partial charge is 0.391 e. The summed E-state index contributed by atoms with van der Waals surface area (Å²) in [7, 11) is 0. The van der Waals surface area contributed by atoms with Gasteiger partial charge in [-0.05, 0) is 0 Å². The number of nitrogen functional groups attached to an aromatic ring is 1. The summed E-state index contributed by atoms with van der Waals surface area (Å²) in [6.45, 7) is -0.636. The monoisotopic (exact) mass is 267 g/mol.